The van der Waals surface area contributed by atoms with Crippen LogP contribution in [-0.2, 0) is 18.4 Å². The topological polar surface area (TPSA) is 58.0 Å². The van der Waals surface area contributed by atoms with Crippen LogP contribution in [0.25, 0.3) is 10.2 Å². The van der Waals surface area contributed by atoms with Crippen molar-refractivity contribution in [1.82, 2.24) is 9.97 Å². The second-order valence-electron chi connectivity index (χ2n) is 6.86. The largest absolute Gasteiger partial charge is 0.383 e. The van der Waals surface area contributed by atoms with Crippen molar-refractivity contribution in [2.45, 2.75) is 38.2 Å². The van der Waals surface area contributed by atoms with Gasteiger partial charge in [-0.3, -0.25) is 0 Å². The maximum absolute atomic E-state index is 14.0. The Kier molecular flexibility index (Phi) is 4.36. The molecule has 1 aliphatic rings. The molecule has 0 bridgehead atoms. The van der Waals surface area contributed by atoms with Crippen molar-refractivity contribution in [2.75, 3.05) is 11.9 Å². The lowest BCUT2D eigenvalue weighted by Gasteiger charge is -2.25. The molecule has 4 rings (SSSR count). The van der Waals surface area contributed by atoms with Crippen molar-refractivity contribution in [3.05, 3.63) is 52.2 Å². The number of nitrogens with one attached hydrogen (secondary N) is 1. The summed E-state index contributed by atoms with van der Waals surface area (Å²) in [6.45, 7) is 1.55. The van der Waals surface area contributed by atoms with Gasteiger partial charge in [0, 0.05) is 23.1 Å². The van der Waals surface area contributed by atoms with Gasteiger partial charge in [-0.2, -0.15) is 0 Å². The summed E-state index contributed by atoms with van der Waals surface area (Å²) in [6, 6.07) is 3.20. The first-order valence-electron chi connectivity index (χ1n) is 8.63. The van der Waals surface area contributed by atoms with E-state index in [0.717, 1.165) is 41.6 Å². The molecule has 0 saturated carbocycles. The molecule has 136 valence electrons. The number of thiophene rings is 1. The zero-order valence-electron chi connectivity index (χ0n) is 14.4. The molecule has 2 heterocycles. The van der Waals surface area contributed by atoms with Gasteiger partial charge in [-0.05, 0) is 44.2 Å². The molecule has 0 saturated heterocycles. The lowest BCUT2D eigenvalue weighted by molar-refractivity contribution is 0.0674. The molecule has 1 aromatic carbocycles. The van der Waals surface area contributed by atoms with Gasteiger partial charge in [-0.15, -0.1) is 11.3 Å². The quantitative estimate of drug-likeness (QED) is 0.719. The summed E-state index contributed by atoms with van der Waals surface area (Å²) in [6.07, 6.45) is 5.90. The zero-order valence-corrected chi connectivity index (χ0v) is 15.2. The van der Waals surface area contributed by atoms with Crippen LogP contribution in [0.3, 0.4) is 0 Å². The predicted molar refractivity (Wildman–Crippen MR) is 98.5 cm³/mol. The summed E-state index contributed by atoms with van der Waals surface area (Å²) in [5, 5.41) is 14.9. The molecule has 4 nitrogen and oxygen atoms in total. The summed E-state index contributed by atoms with van der Waals surface area (Å²) in [7, 11) is 0. The van der Waals surface area contributed by atoms with Crippen molar-refractivity contribution >= 4 is 27.4 Å². The third-order valence-electron chi connectivity index (χ3n) is 4.86. The molecule has 0 amide bonds. The smallest absolute Gasteiger partial charge is 0.138 e. The Labute approximate surface area is 153 Å². The van der Waals surface area contributed by atoms with Crippen LogP contribution in [-0.4, -0.2) is 21.6 Å². The lowest BCUT2D eigenvalue weighted by atomic mass is 9.95. The van der Waals surface area contributed by atoms with Gasteiger partial charge in [0.2, 0.25) is 0 Å². The predicted octanol–water partition coefficient (Wildman–Crippen LogP) is 4.17. The molecule has 1 aliphatic carbocycles. The number of halogens is 2. The molecule has 3 aromatic rings. The van der Waals surface area contributed by atoms with Crippen molar-refractivity contribution in [2.24, 2.45) is 0 Å². The summed E-state index contributed by atoms with van der Waals surface area (Å²) >= 11 is 1.69. The number of anilines is 1. The number of rotatable bonds is 4. The summed E-state index contributed by atoms with van der Waals surface area (Å²) < 4.78 is 27.2. The molecule has 1 atom stereocenters. The van der Waals surface area contributed by atoms with E-state index in [1.807, 2.05) is 0 Å². The number of aliphatic hydroxyl groups is 1. The first-order chi connectivity index (χ1) is 12.5. The number of aryl methyl sites for hydroxylation is 2. The van der Waals surface area contributed by atoms with Crippen LogP contribution in [0.5, 0.6) is 0 Å². The molecule has 0 radical (unpaired) electrons. The molecule has 2 N–H and O–H groups in total. The maximum atomic E-state index is 14.0. The van der Waals surface area contributed by atoms with E-state index in [2.05, 4.69) is 15.3 Å². The highest BCUT2D eigenvalue weighted by molar-refractivity contribution is 7.19. The third kappa shape index (κ3) is 3.05. The molecule has 0 aliphatic heterocycles. The fourth-order valence-electron chi connectivity index (χ4n) is 3.50. The molecule has 7 heteroatoms. The third-order valence-corrected chi connectivity index (χ3v) is 6.06. The molecule has 2 aromatic heterocycles. The van der Waals surface area contributed by atoms with Gasteiger partial charge in [0.05, 0.1) is 5.39 Å². The Morgan fingerprint density at radius 1 is 1.23 bits per heavy atom. The lowest BCUT2D eigenvalue weighted by Crippen LogP contribution is -2.32. The Bertz CT molecular complexity index is 971. The average Bonchev–Trinajstić information content (AvgIpc) is 2.99. The van der Waals surface area contributed by atoms with Crippen LogP contribution in [0.15, 0.2) is 24.5 Å². The van der Waals surface area contributed by atoms with Gasteiger partial charge in [0.15, 0.2) is 0 Å². The van der Waals surface area contributed by atoms with Crippen molar-refractivity contribution in [3.63, 3.8) is 0 Å². The van der Waals surface area contributed by atoms with E-state index in [1.54, 1.807) is 11.3 Å². The Balaban J connectivity index is 1.64. The molecule has 0 unspecified atom stereocenters. The normalized spacial score (nSPS) is 16.3. The maximum Gasteiger partial charge on any atom is 0.138 e. The number of fused-ring (bicyclic) bond motifs is 3. The van der Waals surface area contributed by atoms with Gasteiger partial charge in [-0.1, -0.05) is 6.07 Å². The fraction of sp³-hybridized carbons (Fsp3) is 0.368. The first kappa shape index (κ1) is 17.3. The first-order valence-corrected chi connectivity index (χ1v) is 9.44. The van der Waals surface area contributed by atoms with E-state index in [1.165, 1.54) is 36.2 Å². The Morgan fingerprint density at radius 3 is 2.85 bits per heavy atom. The molecular formula is C19H19F2N3OS. The Hall–Kier alpha value is -2.12. The molecule has 0 spiro atoms. The van der Waals surface area contributed by atoms with Gasteiger partial charge >= 0.3 is 0 Å². The van der Waals surface area contributed by atoms with Gasteiger partial charge < -0.3 is 10.4 Å². The van der Waals surface area contributed by atoms with Gasteiger partial charge in [0.25, 0.3) is 0 Å². The minimum Gasteiger partial charge on any atom is -0.383 e. The van der Waals surface area contributed by atoms with Gasteiger partial charge in [-0.25, -0.2) is 18.7 Å². The fourth-order valence-corrected chi connectivity index (χ4v) is 4.73. The van der Waals surface area contributed by atoms with Crippen LogP contribution in [0.2, 0.25) is 0 Å². The molecule has 0 fully saturated rings. The highest BCUT2D eigenvalue weighted by Crippen LogP contribution is 2.38. The van der Waals surface area contributed by atoms with E-state index in [4.69, 9.17) is 0 Å². The second kappa shape index (κ2) is 6.55. The number of benzene rings is 1. The number of hydrogen-bond acceptors (Lipinski definition) is 5. The van der Waals surface area contributed by atoms with Crippen LogP contribution in [0, 0.1) is 11.6 Å². The van der Waals surface area contributed by atoms with E-state index in [9.17, 15) is 13.9 Å². The Morgan fingerprint density at radius 2 is 2.04 bits per heavy atom. The zero-order chi connectivity index (χ0) is 18.3. The van der Waals surface area contributed by atoms with Crippen LogP contribution in [0.4, 0.5) is 14.6 Å². The van der Waals surface area contributed by atoms with E-state index in [0.29, 0.717) is 5.82 Å². The van der Waals surface area contributed by atoms with E-state index in [-0.39, 0.29) is 12.1 Å². The summed E-state index contributed by atoms with van der Waals surface area (Å²) in [5.74, 6) is -0.785. The van der Waals surface area contributed by atoms with E-state index >= 15 is 0 Å². The molecule has 26 heavy (non-hydrogen) atoms. The SMILES string of the molecule is C[C@](O)(CNc1ncnc2sc3c(c12)CCCC3)c1ccc(F)cc1F. The monoisotopic (exact) mass is 375 g/mol. The van der Waals surface area contributed by atoms with Crippen LogP contribution >= 0.6 is 11.3 Å². The van der Waals surface area contributed by atoms with Gasteiger partial charge in [0.1, 0.15) is 34.2 Å². The number of nitrogens with zero attached hydrogens (tertiary/aromatic N) is 2. The standard InChI is InChI=1S/C19H19F2N3OS/c1-19(25,13-7-6-11(20)8-14(13)21)9-22-17-16-12-4-2-3-5-15(12)26-18(16)24-10-23-17/h6-8,10,25H,2-5,9H2,1H3,(H,22,23,24)/t19-/m0/s1. The summed E-state index contributed by atoms with van der Waals surface area (Å²) in [4.78, 5) is 11.0. The minimum absolute atomic E-state index is 0.0454. The minimum atomic E-state index is -1.51. The van der Waals surface area contributed by atoms with Crippen molar-refractivity contribution in [1.29, 1.82) is 0 Å². The molecular weight excluding hydrogens is 356 g/mol. The van der Waals surface area contributed by atoms with E-state index < -0.39 is 17.2 Å². The second-order valence-corrected chi connectivity index (χ2v) is 7.95. The van der Waals surface area contributed by atoms with Crippen molar-refractivity contribution < 1.29 is 13.9 Å². The number of aromatic nitrogens is 2. The summed E-state index contributed by atoms with van der Waals surface area (Å²) in [5.41, 5.74) is -0.179. The highest BCUT2D eigenvalue weighted by atomic mass is 32.1. The number of hydrogen-bond donors (Lipinski definition) is 2. The highest BCUT2D eigenvalue weighted by Gasteiger charge is 2.28. The van der Waals surface area contributed by atoms with Crippen LogP contribution in [0.1, 0.15) is 35.8 Å². The van der Waals surface area contributed by atoms with Crippen LogP contribution < -0.4 is 5.32 Å². The van der Waals surface area contributed by atoms with Crippen molar-refractivity contribution in [3.8, 4) is 0 Å². The average molecular weight is 375 g/mol.